The molecule has 0 fully saturated rings. The molecule has 0 heterocycles. The van der Waals surface area contributed by atoms with Gasteiger partial charge in [-0.3, -0.25) is 0 Å². The van der Waals surface area contributed by atoms with Crippen molar-refractivity contribution in [2.45, 2.75) is 33.1 Å². The van der Waals surface area contributed by atoms with Crippen LogP contribution in [0.25, 0.3) is 0 Å². The molecule has 2 N–H and O–H groups in total. The van der Waals surface area contributed by atoms with Crippen molar-refractivity contribution in [2.24, 2.45) is 0 Å². The van der Waals surface area contributed by atoms with Crippen molar-refractivity contribution in [3.63, 3.8) is 0 Å². The van der Waals surface area contributed by atoms with Crippen LogP contribution in [-0.2, 0) is 13.2 Å². The van der Waals surface area contributed by atoms with Crippen molar-refractivity contribution in [1.82, 2.24) is 0 Å². The van der Waals surface area contributed by atoms with Gasteiger partial charge in [0.25, 0.3) is 0 Å². The molecular formula is C17H21NO2. The Labute approximate surface area is 120 Å². The fraction of sp³-hybridized carbons (Fsp3) is 0.294. The van der Waals surface area contributed by atoms with Crippen molar-refractivity contribution >= 4 is 5.69 Å². The summed E-state index contributed by atoms with van der Waals surface area (Å²) in [5.74, 6) is 0.887. The first kappa shape index (κ1) is 14.4. The van der Waals surface area contributed by atoms with Crippen LogP contribution in [0, 0.1) is 0 Å². The number of anilines is 1. The van der Waals surface area contributed by atoms with Gasteiger partial charge in [-0.2, -0.15) is 0 Å². The Morgan fingerprint density at radius 1 is 0.950 bits per heavy atom. The minimum absolute atomic E-state index is 0.0883. The number of ether oxygens (including phenoxy) is 1. The molecule has 0 saturated heterocycles. The number of nitrogens with one attached hydrogen (secondary N) is 1. The Morgan fingerprint density at radius 3 is 2.10 bits per heavy atom. The lowest BCUT2D eigenvalue weighted by molar-refractivity contribution is 0.242. The number of hydrogen-bond donors (Lipinski definition) is 2. The van der Waals surface area contributed by atoms with E-state index in [2.05, 4.69) is 5.32 Å². The number of benzene rings is 2. The monoisotopic (exact) mass is 271 g/mol. The van der Waals surface area contributed by atoms with Gasteiger partial charge in [0.15, 0.2) is 0 Å². The van der Waals surface area contributed by atoms with Crippen molar-refractivity contribution in [1.29, 1.82) is 0 Å². The van der Waals surface area contributed by atoms with Gasteiger partial charge in [-0.15, -0.1) is 0 Å². The highest BCUT2D eigenvalue weighted by molar-refractivity contribution is 5.46. The van der Waals surface area contributed by atoms with Gasteiger partial charge in [-0.1, -0.05) is 24.3 Å². The lowest BCUT2D eigenvalue weighted by atomic mass is 10.1. The Bertz CT molecular complexity index is 518. The number of aliphatic hydroxyl groups excluding tert-OH is 1. The standard InChI is InChI=1S/C17H21NO2/c1-13(2)20-17-9-7-16(8-10-17)18-11-14-3-5-15(12-19)6-4-14/h3-10,13,18-19H,11-12H2,1-2H3. The zero-order valence-corrected chi connectivity index (χ0v) is 12.0. The molecule has 0 saturated carbocycles. The van der Waals surface area contributed by atoms with Crippen LogP contribution >= 0.6 is 0 Å². The van der Waals surface area contributed by atoms with E-state index < -0.39 is 0 Å². The summed E-state index contributed by atoms with van der Waals surface area (Å²) in [6.07, 6.45) is 0.193. The van der Waals surface area contributed by atoms with E-state index >= 15 is 0 Å². The zero-order chi connectivity index (χ0) is 14.4. The third kappa shape index (κ3) is 4.28. The van der Waals surface area contributed by atoms with Gasteiger partial charge in [0, 0.05) is 12.2 Å². The molecule has 0 aliphatic heterocycles. The summed E-state index contributed by atoms with van der Waals surface area (Å²) < 4.78 is 5.61. The highest BCUT2D eigenvalue weighted by Crippen LogP contribution is 2.17. The molecule has 0 amide bonds. The second kappa shape index (κ2) is 6.96. The predicted molar refractivity (Wildman–Crippen MR) is 81.9 cm³/mol. The summed E-state index contributed by atoms with van der Waals surface area (Å²) >= 11 is 0. The lowest BCUT2D eigenvalue weighted by Crippen LogP contribution is -2.05. The molecule has 0 radical (unpaired) electrons. The molecule has 0 atom stereocenters. The van der Waals surface area contributed by atoms with Gasteiger partial charge in [0.05, 0.1) is 12.7 Å². The van der Waals surface area contributed by atoms with Gasteiger partial charge < -0.3 is 15.2 Å². The minimum atomic E-state index is 0.0883. The Balaban J connectivity index is 1.89. The quantitative estimate of drug-likeness (QED) is 0.843. The second-order valence-corrected chi connectivity index (χ2v) is 5.02. The van der Waals surface area contributed by atoms with Crippen molar-refractivity contribution in [3.8, 4) is 5.75 Å². The lowest BCUT2D eigenvalue weighted by Gasteiger charge is -2.11. The average molecular weight is 271 g/mol. The first-order chi connectivity index (χ1) is 9.67. The molecule has 0 spiro atoms. The fourth-order valence-corrected chi connectivity index (χ4v) is 1.89. The van der Waals surface area contributed by atoms with E-state index in [0.717, 1.165) is 23.5 Å². The molecule has 2 rings (SSSR count). The maximum atomic E-state index is 9.00. The second-order valence-electron chi connectivity index (χ2n) is 5.02. The first-order valence-corrected chi connectivity index (χ1v) is 6.86. The molecule has 3 nitrogen and oxygen atoms in total. The normalized spacial score (nSPS) is 10.6. The van der Waals surface area contributed by atoms with Gasteiger partial charge >= 0.3 is 0 Å². The first-order valence-electron chi connectivity index (χ1n) is 6.86. The summed E-state index contributed by atoms with van der Waals surface area (Å²) in [4.78, 5) is 0. The summed E-state index contributed by atoms with van der Waals surface area (Å²) in [5.41, 5.74) is 3.18. The minimum Gasteiger partial charge on any atom is -0.491 e. The zero-order valence-electron chi connectivity index (χ0n) is 12.0. The van der Waals surface area contributed by atoms with E-state index in [9.17, 15) is 0 Å². The SMILES string of the molecule is CC(C)Oc1ccc(NCc2ccc(CO)cc2)cc1. The average Bonchev–Trinajstić information content (AvgIpc) is 2.46. The summed E-state index contributed by atoms with van der Waals surface area (Å²) in [6, 6.07) is 15.9. The predicted octanol–water partition coefficient (Wildman–Crippen LogP) is 3.58. The Hall–Kier alpha value is -2.00. The smallest absolute Gasteiger partial charge is 0.119 e. The van der Waals surface area contributed by atoms with E-state index in [1.807, 2.05) is 62.4 Å². The van der Waals surface area contributed by atoms with Crippen molar-refractivity contribution in [2.75, 3.05) is 5.32 Å². The molecule has 3 heteroatoms. The van der Waals surface area contributed by atoms with Crippen LogP contribution in [0.2, 0.25) is 0 Å². The molecule has 0 aromatic heterocycles. The van der Waals surface area contributed by atoms with Crippen LogP contribution in [0.5, 0.6) is 5.75 Å². The molecule has 0 aliphatic rings. The van der Waals surface area contributed by atoms with Gasteiger partial charge in [-0.05, 0) is 49.2 Å². The van der Waals surface area contributed by atoms with Gasteiger partial charge in [0.1, 0.15) is 5.75 Å². The molecule has 2 aromatic carbocycles. The van der Waals surface area contributed by atoms with Crippen LogP contribution in [0.3, 0.4) is 0 Å². The number of hydrogen-bond acceptors (Lipinski definition) is 3. The Morgan fingerprint density at radius 2 is 1.55 bits per heavy atom. The van der Waals surface area contributed by atoms with Crippen LogP contribution in [0.1, 0.15) is 25.0 Å². The third-order valence-corrected chi connectivity index (χ3v) is 2.93. The summed E-state index contributed by atoms with van der Waals surface area (Å²) in [7, 11) is 0. The number of aliphatic hydroxyl groups is 1. The van der Waals surface area contributed by atoms with E-state index in [1.165, 1.54) is 5.56 Å². The van der Waals surface area contributed by atoms with Crippen LogP contribution < -0.4 is 10.1 Å². The van der Waals surface area contributed by atoms with Gasteiger partial charge in [0.2, 0.25) is 0 Å². The molecule has 106 valence electrons. The third-order valence-electron chi connectivity index (χ3n) is 2.93. The van der Waals surface area contributed by atoms with E-state index in [4.69, 9.17) is 9.84 Å². The molecule has 0 aliphatic carbocycles. The van der Waals surface area contributed by atoms with Crippen molar-refractivity contribution in [3.05, 3.63) is 59.7 Å². The molecule has 20 heavy (non-hydrogen) atoms. The van der Waals surface area contributed by atoms with Crippen LogP contribution in [-0.4, -0.2) is 11.2 Å². The fourth-order valence-electron chi connectivity index (χ4n) is 1.89. The van der Waals surface area contributed by atoms with Crippen molar-refractivity contribution < 1.29 is 9.84 Å². The van der Waals surface area contributed by atoms with Gasteiger partial charge in [-0.25, -0.2) is 0 Å². The maximum Gasteiger partial charge on any atom is 0.119 e. The van der Waals surface area contributed by atoms with E-state index in [-0.39, 0.29) is 12.7 Å². The van der Waals surface area contributed by atoms with Crippen LogP contribution in [0.4, 0.5) is 5.69 Å². The number of rotatable bonds is 6. The summed E-state index contributed by atoms with van der Waals surface area (Å²) in [6.45, 7) is 4.88. The van der Waals surface area contributed by atoms with E-state index in [1.54, 1.807) is 0 Å². The summed E-state index contributed by atoms with van der Waals surface area (Å²) in [5, 5.41) is 12.4. The highest BCUT2D eigenvalue weighted by Gasteiger charge is 1.98. The highest BCUT2D eigenvalue weighted by atomic mass is 16.5. The van der Waals surface area contributed by atoms with E-state index in [0.29, 0.717) is 0 Å². The Kier molecular flexibility index (Phi) is 5.02. The molecule has 2 aromatic rings. The topological polar surface area (TPSA) is 41.5 Å². The molecule has 0 unspecified atom stereocenters. The maximum absolute atomic E-state index is 9.00. The molecular weight excluding hydrogens is 250 g/mol. The molecule has 0 bridgehead atoms. The largest absolute Gasteiger partial charge is 0.491 e. The van der Waals surface area contributed by atoms with Crippen LogP contribution in [0.15, 0.2) is 48.5 Å².